The Kier molecular flexibility index (Phi) is 3.66. The molecule has 2 rings (SSSR count). The molecule has 1 aromatic heterocycles. The number of hydrogen-bond donors (Lipinski definition) is 0. The number of anilines is 1. The lowest BCUT2D eigenvalue weighted by molar-refractivity contribution is 0.0529. The van der Waals surface area contributed by atoms with E-state index < -0.39 is 0 Å². The topological polar surface area (TPSA) is 25.4 Å². The summed E-state index contributed by atoms with van der Waals surface area (Å²) in [5, 5.41) is 0. The van der Waals surface area contributed by atoms with Gasteiger partial charge in [0.15, 0.2) is 0 Å². The fourth-order valence-electron chi connectivity index (χ4n) is 1.99. The van der Waals surface area contributed by atoms with Crippen molar-refractivity contribution >= 4 is 17.4 Å². The second-order valence-corrected chi connectivity index (χ2v) is 4.50. The molecule has 0 spiro atoms. The van der Waals surface area contributed by atoms with E-state index in [1.807, 2.05) is 13.0 Å². The van der Waals surface area contributed by atoms with Crippen molar-refractivity contribution in [2.45, 2.75) is 25.8 Å². The van der Waals surface area contributed by atoms with Gasteiger partial charge >= 0.3 is 0 Å². The highest BCUT2D eigenvalue weighted by Crippen LogP contribution is 2.18. The molecule has 1 atom stereocenters. The predicted octanol–water partition coefficient (Wildman–Crippen LogP) is 2.35. The molecule has 1 aromatic rings. The van der Waals surface area contributed by atoms with Gasteiger partial charge in [0.05, 0.1) is 12.7 Å². The van der Waals surface area contributed by atoms with Crippen LogP contribution < -0.4 is 4.90 Å². The number of aryl methyl sites for hydroxylation is 1. The lowest BCUT2D eigenvalue weighted by atomic mass is 10.2. The Labute approximate surface area is 101 Å². The first kappa shape index (κ1) is 11.7. The summed E-state index contributed by atoms with van der Waals surface area (Å²) in [5.41, 5.74) is 2.15. The Hall–Kier alpha value is -0.800. The molecule has 1 unspecified atom stereocenters. The molecular weight excluding hydrogens is 224 g/mol. The third-order valence-corrected chi connectivity index (χ3v) is 3.03. The summed E-state index contributed by atoms with van der Waals surface area (Å²) in [5.74, 6) is 1.56. The normalized spacial score (nSPS) is 21.2. The van der Waals surface area contributed by atoms with Gasteiger partial charge in [0, 0.05) is 24.7 Å². The number of hydrogen-bond acceptors (Lipinski definition) is 3. The molecule has 0 amide bonds. The Morgan fingerprint density at radius 2 is 2.38 bits per heavy atom. The number of halogens is 1. The van der Waals surface area contributed by atoms with Crippen LogP contribution in [0.1, 0.15) is 18.2 Å². The van der Waals surface area contributed by atoms with Crippen molar-refractivity contribution in [3.05, 3.63) is 23.4 Å². The van der Waals surface area contributed by atoms with Gasteiger partial charge in [-0.05, 0) is 31.5 Å². The van der Waals surface area contributed by atoms with E-state index in [9.17, 15) is 0 Å². The fraction of sp³-hybridized carbons (Fsp3) is 0.583. The van der Waals surface area contributed by atoms with Crippen molar-refractivity contribution < 1.29 is 4.74 Å². The van der Waals surface area contributed by atoms with Gasteiger partial charge in [-0.3, -0.25) is 0 Å². The molecule has 3 nitrogen and oxygen atoms in total. The summed E-state index contributed by atoms with van der Waals surface area (Å²) >= 11 is 5.87. The average molecular weight is 241 g/mol. The van der Waals surface area contributed by atoms with E-state index in [4.69, 9.17) is 16.3 Å². The van der Waals surface area contributed by atoms with E-state index in [1.165, 1.54) is 0 Å². The number of morpholine rings is 1. The first-order valence-corrected chi connectivity index (χ1v) is 6.12. The molecule has 16 heavy (non-hydrogen) atoms. The maximum atomic E-state index is 5.87. The number of alkyl halides is 1. The van der Waals surface area contributed by atoms with Crippen LogP contribution in [0.15, 0.2) is 12.1 Å². The van der Waals surface area contributed by atoms with Crippen molar-refractivity contribution in [1.29, 1.82) is 0 Å². The molecule has 1 aliphatic rings. The summed E-state index contributed by atoms with van der Waals surface area (Å²) in [6, 6.07) is 4.10. The maximum absolute atomic E-state index is 5.87. The highest BCUT2D eigenvalue weighted by molar-refractivity contribution is 6.17. The molecule has 1 aliphatic heterocycles. The SMILES string of the molecule is Cc1cc(CCl)cc(N2CCOC(C)C2)n1. The van der Waals surface area contributed by atoms with E-state index >= 15 is 0 Å². The fourth-order valence-corrected chi connectivity index (χ4v) is 2.14. The molecule has 0 radical (unpaired) electrons. The van der Waals surface area contributed by atoms with Gasteiger partial charge in [-0.15, -0.1) is 11.6 Å². The van der Waals surface area contributed by atoms with Crippen LogP contribution in [0, 0.1) is 6.92 Å². The molecular formula is C12H17ClN2O. The van der Waals surface area contributed by atoms with E-state index in [1.54, 1.807) is 0 Å². The van der Waals surface area contributed by atoms with Crippen LogP contribution in [0.5, 0.6) is 0 Å². The summed E-state index contributed by atoms with van der Waals surface area (Å²) in [7, 11) is 0. The number of rotatable bonds is 2. The predicted molar refractivity (Wildman–Crippen MR) is 66.2 cm³/mol. The number of pyridine rings is 1. The zero-order valence-corrected chi connectivity index (χ0v) is 10.5. The summed E-state index contributed by atoms with van der Waals surface area (Å²) in [6.07, 6.45) is 0.274. The number of aromatic nitrogens is 1. The smallest absolute Gasteiger partial charge is 0.129 e. The molecule has 2 heterocycles. The molecule has 1 fully saturated rings. The monoisotopic (exact) mass is 240 g/mol. The first-order chi connectivity index (χ1) is 7.69. The van der Waals surface area contributed by atoms with Crippen molar-refractivity contribution in [1.82, 2.24) is 4.98 Å². The highest BCUT2D eigenvalue weighted by Gasteiger charge is 2.18. The second kappa shape index (κ2) is 5.02. The lowest BCUT2D eigenvalue weighted by Gasteiger charge is -2.32. The van der Waals surface area contributed by atoms with Crippen molar-refractivity contribution in [3.8, 4) is 0 Å². The summed E-state index contributed by atoms with van der Waals surface area (Å²) in [4.78, 5) is 6.81. The Morgan fingerprint density at radius 3 is 3.06 bits per heavy atom. The van der Waals surface area contributed by atoms with E-state index in [0.29, 0.717) is 5.88 Å². The summed E-state index contributed by atoms with van der Waals surface area (Å²) in [6.45, 7) is 6.67. The maximum Gasteiger partial charge on any atom is 0.129 e. The van der Waals surface area contributed by atoms with Gasteiger partial charge < -0.3 is 9.64 Å². The van der Waals surface area contributed by atoms with Gasteiger partial charge in [-0.2, -0.15) is 0 Å². The lowest BCUT2D eigenvalue weighted by Crippen LogP contribution is -2.41. The third kappa shape index (κ3) is 2.66. The van der Waals surface area contributed by atoms with Crippen LogP contribution in [-0.4, -0.2) is 30.8 Å². The van der Waals surface area contributed by atoms with E-state index in [-0.39, 0.29) is 6.10 Å². The second-order valence-electron chi connectivity index (χ2n) is 4.24. The Balaban J connectivity index is 2.21. The Morgan fingerprint density at radius 1 is 1.56 bits per heavy atom. The van der Waals surface area contributed by atoms with Crippen molar-refractivity contribution in [3.63, 3.8) is 0 Å². The summed E-state index contributed by atoms with van der Waals surface area (Å²) < 4.78 is 5.52. The third-order valence-electron chi connectivity index (χ3n) is 2.72. The average Bonchev–Trinajstić information content (AvgIpc) is 2.28. The standard InChI is InChI=1S/C12H17ClN2O/c1-9-5-11(7-13)6-12(14-9)15-3-4-16-10(2)8-15/h5-6,10H,3-4,7-8H2,1-2H3. The molecule has 0 saturated carbocycles. The molecule has 4 heteroatoms. The van der Waals surface area contributed by atoms with Crippen LogP contribution >= 0.6 is 11.6 Å². The van der Waals surface area contributed by atoms with Crippen molar-refractivity contribution in [2.24, 2.45) is 0 Å². The van der Waals surface area contributed by atoms with Crippen LogP contribution in [0.2, 0.25) is 0 Å². The van der Waals surface area contributed by atoms with Crippen molar-refractivity contribution in [2.75, 3.05) is 24.6 Å². The number of ether oxygens (including phenoxy) is 1. The van der Waals surface area contributed by atoms with Gasteiger partial charge in [-0.25, -0.2) is 4.98 Å². The largest absolute Gasteiger partial charge is 0.375 e. The molecule has 88 valence electrons. The van der Waals surface area contributed by atoms with E-state index in [2.05, 4.69) is 22.9 Å². The van der Waals surface area contributed by atoms with Gasteiger partial charge in [0.25, 0.3) is 0 Å². The highest BCUT2D eigenvalue weighted by atomic mass is 35.5. The van der Waals surface area contributed by atoms with Crippen LogP contribution in [0.3, 0.4) is 0 Å². The van der Waals surface area contributed by atoms with Crippen LogP contribution in [0.25, 0.3) is 0 Å². The molecule has 0 N–H and O–H groups in total. The first-order valence-electron chi connectivity index (χ1n) is 5.59. The minimum atomic E-state index is 0.274. The van der Waals surface area contributed by atoms with E-state index in [0.717, 1.165) is 36.8 Å². The minimum Gasteiger partial charge on any atom is -0.375 e. The Bertz CT molecular complexity index is 370. The minimum absolute atomic E-state index is 0.274. The van der Waals surface area contributed by atoms with Gasteiger partial charge in [-0.1, -0.05) is 0 Å². The molecule has 0 aromatic carbocycles. The molecule has 0 bridgehead atoms. The molecule has 1 saturated heterocycles. The molecule has 0 aliphatic carbocycles. The van der Waals surface area contributed by atoms with Crippen LogP contribution in [-0.2, 0) is 10.6 Å². The zero-order chi connectivity index (χ0) is 11.5. The van der Waals surface area contributed by atoms with Crippen LogP contribution in [0.4, 0.5) is 5.82 Å². The number of nitrogens with zero attached hydrogens (tertiary/aromatic N) is 2. The quantitative estimate of drug-likeness (QED) is 0.742. The van der Waals surface area contributed by atoms with Gasteiger partial charge in [0.2, 0.25) is 0 Å². The zero-order valence-electron chi connectivity index (χ0n) is 9.74. The van der Waals surface area contributed by atoms with Gasteiger partial charge in [0.1, 0.15) is 5.82 Å².